The van der Waals surface area contributed by atoms with Crippen molar-refractivity contribution < 1.29 is 4.79 Å². The number of nitrogens with one attached hydrogen (secondary N) is 1. The second-order valence-electron chi connectivity index (χ2n) is 6.19. The van der Waals surface area contributed by atoms with E-state index in [1.165, 1.54) is 11.8 Å². The lowest BCUT2D eigenvalue weighted by Gasteiger charge is -2.11. The summed E-state index contributed by atoms with van der Waals surface area (Å²) < 4.78 is 1.93. The van der Waals surface area contributed by atoms with E-state index in [0.717, 1.165) is 29.7 Å². The van der Waals surface area contributed by atoms with Crippen molar-refractivity contribution in [2.75, 3.05) is 16.8 Å². The molecule has 1 fully saturated rings. The van der Waals surface area contributed by atoms with E-state index >= 15 is 0 Å². The highest BCUT2D eigenvalue weighted by molar-refractivity contribution is 7.99. The summed E-state index contributed by atoms with van der Waals surface area (Å²) >= 11 is 1.36. The molecule has 1 aliphatic rings. The lowest BCUT2D eigenvalue weighted by molar-refractivity contribution is -0.113. The Morgan fingerprint density at radius 1 is 1.12 bits per heavy atom. The zero-order valence-electron chi connectivity index (χ0n) is 14.1. The molecular formula is C19H19N5OS. The van der Waals surface area contributed by atoms with Crippen molar-refractivity contribution in [2.24, 2.45) is 0 Å². The molecule has 1 amide bonds. The molecule has 3 aromatic rings. The number of hydrogen-bond donors (Lipinski definition) is 2. The third kappa shape index (κ3) is 3.57. The smallest absolute Gasteiger partial charge is 0.234 e. The first-order valence-electron chi connectivity index (χ1n) is 8.50. The highest BCUT2D eigenvalue weighted by Crippen LogP contribution is 2.39. The number of anilines is 2. The van der Waals surface area contributed by atoms with Crippen LogP contribution in [0.1, 0.15) is 18.9 Å². The minimum absolute atomic E-state index is 0.0812. The third-order valence-corrected chi connectivity index (χ3v) is 5.16. The number of amides is 1. The van der Waals surface area contributed by atoms with Crippen LogP contribution in [-0.2, 0) is 4.79 Å². The number of nitrogens with two attached hydrogens (primary N) is 1. The average Bonchev–Trinajstić information content (AvgIpc) is 3.43. The van der Waals surface area contributed by atoms with Gasteiger partial charge >= 0.3 is 0 Å². The first kappa shape index (κ1) is 16.7. The van der Waals surface area contributed by atoms with Gasteiger partial charge in [-0.15, -0.1) is 10.2 Å². The number of rotatable bonds is 6. The lowest BCUT2D eigenvalue weighted by Crippen LogP contribution is -2.15. The fourth-order valence-corrected chi connectivity index (χ4v) is 3.65. The molecule has 0 saturated heterocycles. The summed E-state index contributed by atoms with van der Waals surface area (Å²) in [6.45, 7) is 0. The maximum Gasteiger partial charge on any atom is 0.234 e. The van der Waals surface area contributed by atoms with Crippen LogP contribution in [0.4, 0.5) is 11.6 Å². The van der Waals surface area contributed by atoms with Gasteiger partial charge < -0.3 is 11.1 Å². The Morgan fingerprint density at radius 2 is 1.85 bits per heavy atom. The van der Waals surface area contributed by atoms with E-state index in [1.807, 2.05) is 59.2 Å². The van der Waals surface area contributed by atoms with Crippen LogP contribution in [-0.4, -0.2) is 26.4 Å². The van der Waals surface area contributed by atoms with Crippen LogP contribution in [0.3, 0.4) is 0 Å². The molecule has 3 N–H and O–H groups in total. The van der Waals surface area contributed by atoms with Crippen LogP contribution in [0, 0.1) is 0 Å². The maximum absolute atomic E-state index is 12.5. The van der Waals surface area contributed by atoms with E-state index in [9.17, 15) is 4.79 Å². The van der Waals surface area contributed by atoms with Crippen molar-refractivity contribution in [3.63, 3.8) is 0 Å². The van der Waals surface area contributed by atoms with Crippen LogP contribution >= 0.6 is 11.8 Å². The molecule has 0 spiro atoms. The Kier molecular flexibility index (Phi) is 4.62. The molecule has 2 aromatic carbocycles. The number of carbonyl (C=O) groups is 1. The molecule has 0 unspecified atom stereocenters. The van der Waals surface area contributed by atoms with Crippen molar-refractivity contribution in [2.45, 2.75) is 24.0 Å². The largest absolute Gasteiger partial charge is 0.368 e. The number of benzene rings is 2. The molecule has 6 nitrogen and oxygen atoms in total. The molecule has 1 heterocycles. The molecule has 7 heteroatoms. The monoisotopic (exact) mass is 365 g/mol. The average molecular weight is 365 g/mol. The van der Waals surface area contributed by atoms with Crippen LogP contribution < -0.4 is 11.1 Å². The van der Waals surface area contributed by atoms with Crippen molar-refractivity contribution in [3.05, 3.63) is 54.6 Å². The molecule has 1 aromatic heterocycles. The molecule has 4 rings (SSSR count). The van der Waals surface area contributed by atoms with E-state index in [0.29, 0.717) is 17.1 Å². The van der Waals surface area contributed by atoms with Gasteiger partial charge in [-0.05, 0) is 24.5 Å². The topological polar surface area (TPSA) is 85.8 Å². The second kappa shape index (κ2) is 7.21. The Hall–Kier alpha value is -2.80. The summed E-state index contributed by atoms with van der Waals surface area (Å²) in [5.41, 5.74) is 8.73. The fourth-order valence-electron chi connectivity index (χ4n) is 2.84. The van der Waals surface area contributed by atoms with Crippen molar-refractivity contribution in [1.29, 1.82) is 0 Å². The van der Waals surface area contributed by atoms with Crippen molar-refractivity contribution >= 4 is 29.3 Å². The number of thioether (sulfide) groups is 1. The van der Waals surface area contributed by atoms with E-state index in [2.05, 4.69) is 15.5 Å². The minimum atomic E-state index is -0.0812. The molecule has 0 bridgehead atoms. The summed E-state index contributed by atoms with van der Waals surface area (Å²) in [5, 5.41) is 11.7. The molecule has 0 radical (unpaired) electrons. The van der Waals surface area contributed by atoms with E-state index in [-0.39, 0.29) is 11.7 Å². The minimum Gasteiger partial charge on any atom is -0.368 e. The summed E-state index contributed by atoms with van der Waals surface area (Å²) in [7, 11) is 0. The van der Waals surface area contributed by atoms with Crippen molar-refractivity contribution in [3.8, 4) is 11.1 Å². The third-order valence-electron chi connectivity index (χ3n) is 4.22. The maximum atomic E-state index is 12.5. The Bertz CT molecular complexity index is 921. The van der Waals surface area contributed by atoms with Gasteiger partial charge in [0.25, 0.3) is 0 Å². The van der Waals surface area contributed by atoms with Crippen LogP contribution in [0.25, 0.3) is 11.1 Å². The number of aromatic nitrogens is 3. The summed E-state index contributed by atoms with van der Waals surface area (Å²) in [6.07, 6.45) is 2.18. The highest BCUT2D eigenvalue weighted by Gasteiger charge is 2.29. The van der Waals surface area contributed by atoms with Crippen LogP contribution in [0.5, 0.6) is 0 Å². The Morgan fingerprint density at radius 3 is 2.62 bits per heavy atom. The molecule has 26 heavy (non-hydrogen) atoms. The van der Waals surface area contributed by atoms with Gasteiger partial charge in [0.2, 0.25) is 11.9 Å². The molecule has 0 aliphatic heterocycles. The molecule has 1 aliphatic carbocycles. The number of hydrogen-bond acceptors (Lipinski definition) is 5. The zero-order valence-corrected chi connectivity index (χ0v) is 14.9. The fraction of sp³-hybridized carbons (Fsp3) is 0.211. The van der Waals surface area contributed by atoms with E-state index in [1.54, 1.807) is 0 Å². The number of carbonyl (C=O) groups excluding carboxylic acids is 1. The van der Waals surface area contributed by atoms with Gasteiger partial charge in [-0.1, -0.05) is 60.3 Å². The van der Waals surface area contributed by atoms with Gasteiger partial charge in [-0.25, -0.2) is 0 Å². The van der Waals surface area contributed by atoms with Gasteiger partial charge in [0, 0.05) is 17.3 Å². The Labute approximate surface area is 155 Å². The summed E-state index contributed by atoms with van der Waals surface area (Å²) in [5.74, 6) is 0.598. The highest BCUT2D eigenvalue weighted by atomic mass is 32.2. The molecule has 0 atom stereocenters. The normalized spacial score (nSPS) is 13.5. The molecular weight excluding hydrogens is 346 g/mol. The van der Waals surface area contributed by atoms with Gasteiger partial charge in [-0.2, -0.15) is 0 Å². The Balaban J connectivity index is 1.45. The van der Waals surface area contributed by atoms with Gasteiger partial charge in [0.05, 0.1) is 5.75 Å². The predicted octanol–water partition coefficient (Wildman–Crippen LogP) is 3.59. The van der Waals surface area contributed by atoms with Crippen molar-refractivity contribution in [1.82, 2.24) is 14.8 Å². The second-order valence-corrected chi connectivity index (χ2v) is 7.13. The standard InChI is InChI=1S/C19H19N5OS/c20-18-22-23-19(24(18)14-10-11-14)26-12-17(25)21-16-9-5-4-8-15(16)13-6-2-1-3-7-13/h1-9,14H,10-12H2,(H2,20,22)(H,21,25). The van der Waals surface area contributed by atoms with Gasteiger partial charge in [-0.3, -0.25) is 9.36 Å². The SMILES string of the molecule is Nc1nnc(SCC(=O)Nc2ccccc2-c2ccccc2)n1C1CC1. The molecule has 1 saturated carbocycles. The molecule has 132 valence electrons. The van der Waals surface area contributed by atoms with E-state index in [4.69, 9.17) is 5.73 Å². The quantitative estimate of drug-likeness (QED) is 0.652. The number of para-hydroxylation sites is 1. The van der Waals surface area contributed by atoms with Gasteiger partial charge in [0.1, 0.15) is 0 Å². The zero-order chi connectivity index (χ0) is 17.9. The number of nitrogen functional groups attached to an aromatic ring is 1. The van der Waals surface area contributed by atoms with Crippen LogP contribution in [0.2, 0.25) is 0 Å². The lowest BCUT2D eigenvalue weighted by atomic mass is 10.0. The van der Waals surface area contributed by atoms with Gasteiger partial charge in [0.15, 0.2) is 5.16 Å². The first-order chi connectivity index (χ1) is 12.7. The predicted molar refractivity (Wildman–Crippen MR) is 104 cm³/mol. The summed E-state index contributed by atoms with van der Waals surface area (Å²) in [4.78, 5) is 12.5. The van der Waals surface area contributed by atoms with Crippen LogP contribution in [0.15, 0.2) is 59.8 Å². The summed E-state index contributed by atoms with van der Waals surface area (Å²) in [6, 6.07) is 18.2. The number of nitrogens with zero attached hydrogens (tertiary/aromatic N) is 3. The first-order valence-corrected chi connectivity index (χ1v) is 9.48. The van der Waals surface area contributed by atoms with E-state index < -0.39 is 0 Å².